The fourth-order valence-electron chi connectivity index (χ4n) is 8.03. The van der Waals surface area contributed by atoms with Gasteiger partial charge in [0.2, 0.25) is 20.0 Å². The van der Waals surface area contributed by atoms with E-state index in [0.717, 1.165) is 24.0 Å². The Balaban J connectivity index is 1.37. The zero-order valence-corrected chi connectivity index (χ0v) is 25.4. The summed E-state index contributed by atoms with van der Waals surface area (Å²) in [7, 11) is -7.08. The lowest BCUT2D eigenvalue weighted by atomic mass is 9.70. The molecule has 4 aliphatic rings. The number of sulfonamides is 2. The highest BCUT2D eigenvalue weighted by Crippen LogP contribution is 2.66. The highest BCUT2D eigenvalue weighted by molar-refractivity contribution is 7.89. The van der Waals surface area contributed by atoms with Gasteiger partial charge in [0.1, 0.15) is 0 Å². The van der Waals surface area contributed by atoms with Crippen molar-refractivity contribution in [3.05, 3.63) is 46.5 Å². The first-order valence-electron chi connectivity index (χ1n) is 14.3. The normalized spacial score (nSPS) is 33.1. The van der Waals surface area contributed by atoms with Gasteiger partial charge < -0.3 is 0 Å². The average molecular weight is 589 g/mol. The van der Waals surface area contributed by atoms with Crippen molar-refractivity contribution in [1.29, 1.82) is 0 Å². The first-order chi connectivity index (χ1) is 18.7. The number of ketones is 2. The van der Waals surface area contributed by atoms with Gasteiger partial charge in [0.05, 0.1) is 16.9 Å². The third-order valence-electron chi connectivity index (χ3n) is 10.0. The number of carbonyl (C=O) groups is 2. The molecule has 4 saturated carbocycles. The molecule has 5 rings (SSSR count). The molecule has 4 unspecified atom stereocenters. The summed E-state index contributed by atoms with van der Waals surface area (Å²) in [6.45, 7) is 8.10. The quantitative estimate of drug-likeness (QED) is 0.402. The Labute approximate surface area is 238 Å². The van der Waals surface area contributed by atoms with E-state index in [-0.39, 0.29) is 34.9 Å². The van der Waals surface area contributed by atoms with Crippen LogP contribution in [-0.2, 0) is 29.6 Å². The summed E-state index contributed by atoms with van der Waals surface area (Å²) in [4.78, 5) is 27.1. The first kappa shape index (κ1) is 29.4. The van der Waals surface area contributed by atoms with E-state index in [1.807, 2.05) is 50.3 Å². The van der Waals surface area contributed by atoms with Crippen molar-refractivity contribution in [2.75, 3.05) is 24.6 Å². The van der Waals surface area contributed by atoms with Gasteiger partial charge in [0.25, 0.3) is 0 Å². The molecule has 218 valence electrons. The number of allylic oxidation sites excluding steroid dienone is 2. The van der Waals surface area contributed by atoms with Gasteiger partial charge in [-0.05, 0) is 78.2 Å². The van der Waals surface area contributed by atoms with Crippen LogP contribution in [-0.4, -0.2) is 53.0 Å². The summed E-state index contributed by atoms with van der Waals surface area (Å²) in [5.74, 6) is -0.381. The fraction of sp³-hybridized carbons (Fsp3) is 0.600. The lowest BCUT2D eigenvalue weighted by Crippen LogP contribution is -2.45. The molecule has 4 fully saturated rings. The minimum atomic E-state index is -3.57. The second-order valence-electron chi connectivity index (χ2n) is 12.7. The van der Waals surface area contributed by atoms with E-state index in [0.29, 0.717) is 43.5 Å². The Kier molecular flexibility index (Phi) is 7.34. The van der Waals surface area contributed by atoms with Crippen molar-refractivity contribution in [2.45, 2.75) is 59.8 Å². The van der Waals surface area contributed by atoms with E-state index < -0.39 is 36.3 Å². The SMILES string of the molecule is CCNS(=O)(=O)CC12CCC(C1)/C(=C\c1ccc(/C=C3/C(=O)C4(CS(=O)(=O)NCC)CCC3C4(C)C)cc1)C2=O. The Bertz CT molecular complexity index is 1510. The van der Waals surface area contributed by atoms with Gasteiger partial charge >= 0.3 is 0 Å². The monoisotopic (exact) mass is 588 g/mol. The fourth-order valence-corrected chi connectivity index (χ4v) is 11.5. The summed E-state index contributed by atoms with van der Waals surface area (Å²) >= 11 is 0. The van der Waals surface area contributed by atoms with Crippen LogP contribution in [0, 0.1) is 28.1 Å². The van der Waals surface area contributed by atoms with Crippen molar-refractivity contribution in [2.24, 2.45) is 28.1 Å². The van der Waals surface area contributed by atoms with E-state index in [9.17, 15) is 26.4 Å². The number of rotatable bonds is 10. The second kappa shape index (κ2) is 10.00. The van der Waals surface area contributed by atoms with Gasteiger partial charge in [0, 0.05) is 24.1 Å². The second-order valence-corrected chi connectivity index (χ2v) is 16.3. The molecule has 4 atom stereocenters. The molecule has 1 aromatic rings. The minimum Gasteiger partial charge on any atom is -0.294 e. The van der Waals surface area contributed by atoms with Crippen molar-refractivity contribution in [3.63, 3.8) is 0 Å². The largest absolute Gasteiger partial charge is 0.294 e. The Morgan fingerprint density at radius 2 is 1.35 bits per heavy atom. The van der Waals surface area contributed by atoms with Crippen LogP contribution in [0.4, 0.5) is 0 Å². The molecule has 0 heterocycles. The van der Waals surface area contributed by atoms with Crippen molar-refractivity contribution in [1.82, 2.24) is 9.44 Å². The number of hydrogen-bond acceptors (Lipinski definition) is 6. The number of hydrogen-bond donors (Lipinski definition) is 2. The van der Waals surface area contributed by atoms with Gasteiger partial charge in [-0.1, -0.05) is 52.0 Å². The molecule has 10 heteroatoms. The van der Waals surface area contributed by atoms with Gasteiger partial charge in [-0.3, -0.25) is 9.59 Å². The molecular formula is C30H40N2O6S2. The topological polar surface area (TPSA) is 126 Å². The van der Waals surface area contributed by atoms with E-state index in [1.54, 1.807) is 13.8 Å². The van der Waals surface area contributed by atoms with E-state index in [1.165, 1.54) is 0 Å². The van der Waals surface area contributed by atoms with E-state index in [2.05, 4.69) is 9.44 Å². The van der Waals surface area contributed by atoms with Crippen molar-refractivity contribution >= 4 is 43.8 Å². The predicted octanol–water partition coefficient (Wildman–Crippen LogP) is 3.71. The number of nitrogens with one attached hydrogen (secondary N) is 2. The number of fused-ring (bicyclic) bond motifs is 4. The molecule has 0 saturated heterocycles. The molecule has 0 spiro atoms. The maximum atomic E-state index is 13.7. The summed E-state index contributed by atoms with van der Waals surface area (Å²) in [5, 5.41) is 0. The smallest absolute Gasteiger partial charge is 0.212 e. The average Bonchev–Trinajstić information content (AvgIpc) is 3.49. The number of carbonyl (C=O) groups excluding carboxylic acids is 2. The number of benzene rings is 1. The van der Waals surface area contributed by atoms with Gasteiger partial charge in [-0.15, -0.1) is 0 Å². The molecular weight excluding hydrogens is 548 g/mol. The highest BCUT2D eigenvalue weighted by Gasteiger charge is 2.67. The van der Waals surface area contributed by atoms with Crippen LogP contribution < -0.4 is 9.44 Å². The molecule has 4 bridgehead atoms. The minimum absolute atomic E-state index is 0.0000482. The van der Waals surface area contributed by atoms with E-state index >= 15 is 0 Å². The number of Topliss-reactive ketones (excluding diaryl/α,β-unsaturated/α-hetero) is 2. The van der Waals surface area contributed by atoms with Crippen LogP contribution in [0.15, 0.2) is 35.4 Å². The Morgan fingerprint density at radius 3 is 1.93 bits per heavy atom. The molecule has 40 heavy (non-hydrogen) atoms. The van der Waals surface area contributed by atoms with Crippen LogP contribution in [0.2, 0.25) is 0 Å². The molecule has 2 N–H and O–H groups in total. The summed E-state index contributed by atoms with van der Waals surface area (Å²) < 4.78 is 55.3. The van der Waals surface area contributed by atoms with Crippen molar-refractivity contribution < 1.29 is 26.4 Å². The lowest BCUT2D eigenvalue weighted by Gasteiger charge is -2.35. The first-order valence-corrected chi connectivity index (χ1v) is 17.6. The molecule has 0 radical (unpaired) electrons. The van der Waals surface area contributed by atoms with Crippen molar-refractivity contribution in [3.8, 4) is 0 Å². The maximum absolute atomic E-state index is 13.7. The molecule has 1 aromatic carbocycles. The summed E-state index contributed by atoms with van der Waals surface area (Å²) in [6.07, 6.45) is 7.14. The molecule has 4 aliphatic carbocycles. The summed E-state index contributed by atoms with van der Waals surface area (Å²) in [5.41, 5.74) is 0.904. The Hall–Kier alpha value is -2.14. The van der Waals surface area contributed by atoms with E-state index in [4.69, 9.17) is 0 Å². The molecule has 0 aromatic heterocycles. The van der Waals surface area contributed by atoms with Crippen LogP contribution in [0.5, 0.6) is 0 Å². The van der Waals surface area contributed by atoms with Gasteiger partial charge in [-0.25, -0.2) is 26.3 Å². The van der Waals surface area contributed by atoms with Gasteiger partial charge in [-0.2, -0.15) is 0 Å². The summed E-state index contributed by atoms with van der Waals surface area (Å²) in [6, 6.07) is 7.65. The molecule has 0 amide bonds. The highest BCUT2D eigenvalue weighted by atomic mass is 32.2. The third kappa shape index (κ3) is 4.74. The Morgan fingerprint density at radius 1 is 0.800 bits per heavy atom. The van der Waals surface area contributed by atoms with Gasteiger partial charge in [0.15, 0.2) is 11.6 Å². The molecule has 0 aliphatic heterocycles. The van der Waals surface area contributed by atoms with Crippen LogP contribution in [0.3, 0.4) is 0 Å². The van der Waals surface area contributed by atoms with Crippen LogP contribution in [0.25, 0.3) is 12.2 Å². The standard InChI is InChI=1S/C30H40N2O6S2/c1-5-31-39(35,36)18-29-13-11-22(17-29)23(26(29)33)15-20-7-9-21(10-8-20)16-24-25-12-14-30(27(24)34,28(25,3)4)19-40(37,38)32-6-2/h7-10,15-16,22,25,31-32H,5-6,11-14,17-19H2,1-4H3/b23-15+,24-16+. The zero-order valence-electron chi connectivity index (χ0n) is 23.7. The predicted molar refractivity (Wildman–Crippen MR) is 156 cm³/mol. The third-order valence-corrected chi connectivity index (χ3v) is 13.3. The molecule has 8 nitrogen and oxygen atoms in total. The lowest BCUT2D eigenvalue weighted by molar-refractivity contribution is -0.125. The van der Waals surface area contributed by atoms with Crippen LogP contribution in [0.1, 0.15) is 70.9 Å². The van der Waals surface area contributed by atoms with Crippen LogP contribution >= 0.6 is 0 Å². The maximum Gasteiger partial charge on any atom is 0.212 e. The zero-order chi connectivity index (χ0) is 29.1.